The van der Waals surface area contributed by atoms with E-state index in [0.29, 0.717) is 13.2 Å². The van der Waals surface area contributed by atoms with Crippen LogP contribution in [0.1, 0.15) is 5.56 Å². The smallest absolute Gasteiger partial charge is 0.406 e. The predicted molar refractivity (Wildman–Crippen MR) is 57.1 cm³/mol. The molecule has 96 valence electrons. The number of alkyl halides is 3. The van der Waals surface area contributed by atoms with Gasteiger partial charge in [0.1, 0.15) is 5.75 Å². The Bertz CT molecular complexity index is 376. The lowest BCUT2D eigenvalue weighted by molar-refractivity contribution is -0.274. The second kappa shape index (κ2) is 4.72. The van der Waals surface area contributed by atoms with Gasteiger partial charge in [0, 0.05) is 0 Å². The minimum absolute atomic E-state index is 0. The normalized spacial score (nSPS) is 17.9. The van der Waals surface area contributed by atoms with E-state index in [1.807, 2.05) is 0 Å². The summed E-state index contributed by atoms with van der Waals surface area (Å²) in [7, 11) is 0. The predicted octanol–water partition coefficient (Wildman–Crippen LogP) is 2.19. The van der Waals surface area contributed by atoms with Crippen LogP contribution in [0, 0.1) is 0 Å². The molecule has 0 aromatic heterocycles. The van der Waals surface area contributed by atoms with E-state index in [1.54, 1.807) is 0 Å². The lowest BCUT2D eigenvalue weighted by atomic mass is 9.89. The summed E-state index contributed by atoms with van der Waals surface area (Å²) in [5.41, 5.74) is 6.08. The standard InChI is InChI=1S/C10H10F3NO2.ClH/c11-10(12,13)16-8-3-1-7(2-4-8)9(14)5-15-6-9;/h1-4H,5-6,14H2;1H. The van der Waals surface area contributed by atoms with E-state index < -0.39 is 11.9 Å². The fourth-order valence-electron chi connectivity index (χ4n) is 1.48. The van der Waals surface area contributed by atoms with Crippen molar-refractivity contribution in [2.24, 2.45) is 5.73 Å². The number of hydrogen-bond acceptors (Lipinski definition) is 3. The monoisotopic (exact) mass is 269 g/mol. The molecule has 0 atom stereocenters. The van der Waals surface area contributed by atoms with Crippen molar-refractivity contribution in [3.63, 3.8) is 0 Å². The fourth-order valence-corrected chi connectivity index (χ4v) is 1.48. The zero-order valence-electron chi connectivity index (χ0n) is 8.66. The van der Waals surface area contributed by atoms with Gasteiger partial charge in [0.2, 0.25) is 0 Å². The third kappa shape index (κ3) is 3.24. The number of rotatable bonds is 2. The van der Waals surface area contributed by atoms with E-state index in [0.717, 1.165) is 5.56 Å². The summed E-state index contributed by atoms with van der Waals surface area (Å²) < 4.78 is 44.4. The van der Waals surface area contributed by atoms with Gasteiger partial charge in [-0.15, -0.1) is 25.6 Å². The summed E-state index contributed by atoms with van der Waals surface area (Å²) in [5.74, 6) is -0.250. The zero-order chi connectivity index (χ0) is 11.8. The van der Waals surface area contributed by atoms with Crippen LogP contribution in [0.5, 0.6) is 5.75 Å². The van der Waals surface area contributed by atoms with E-state index in [4.69, 9.17) is 10.5 Å². The molecule has 3 nitrogen and oxygen atoms in total. The number of hydrogen-bond donors (Lipinski definition) is 1. The first kappa shape index (κ1) is 14.1. The highest BCUT2D eigenvalue weighted by atomic mass is 35.5. The second-order valence-corrected chi connectivity index (χ2v) is 3.72. The van der Waals surface area contributed by atoms with Gasteiger partial charge in [-0.1, -0.05) is 12.1 Å². The SMILES string of the molecule is Cl.NC1(c2ccc(OC(F)(F)F)cc2)COC1. The van der Waals surface area contributed by atoms with Gasteiger partial charge in [0.25, 0.3) is 0 Å². The molecule has 2 N–H and O–H groups in total. The molecule has 1 saturated heterocycles. The highest BCUT2D eigenvalue weighted by Gasteiger charge is 2.36. The van der Waals surface area contributed by atoms with E-state index in [-0.39, 0.29) is 18.2 Å². The maximum Gasteiger partial charge on any atom is 0.573 e. The second-order valence-electron chi connectivity index (χ2n) is 3.72. The Morgan fingerprint density at radius 1 is 1.18 bits per heavy atom. The Kier molecular flexibility index (Phi) is 3.91. The van der Waals surface area contributed by atoms with Crippen molar-refractivity contribution in [2.75, 3.05) is 13.2 Å². The maximum atomic E-state index is 11.9. The molecule has 2 rings (SSSR count). The van der Waals surface area contributed by atoms with Crippen LogP contribution in [0.3, 0.4) is 0 Å². The van der Waals surface area contributed by atoms with Crippen molar-refractivity contribution in [2.45, 2.75) is 11.9 Å². The molecular formula is C10H11ClF3NO2. The van der Waals surface area contributed by atoms with E-state index in [2.05, 4.69) is 4.74 Å². The Labute approximate surface area is 102 Å². The first-order valence-electron chi connectivity index (χ1n) is 4.62. The van der Waals surface area contributed by atoms with Crippen LogP contribution in [-0.2, 0) is 10.3 Å². The minimum atomic E-state index is -4.67. The highest BCUT2D eigenvalue weighted by molar-refractivity contribution is 5.85. The highest BCUT2D eigenvalue weighted by Crippen LogP contribution is 2.29. The van der Waals surface area contributed by atoms with Crippen LogP contribution in [0.4, 0.5) is 13.2 Å². The van der Waals surface area contributed by atoms with Crippen molar-refractivity contribution in [3.05, 3.63) is 29.8 Å². The van der Waals surface area contributed by atoms with Crippen LogP contribution in [0.25, 0.3) is 0 Å². The molecule has 1 aliphatic heterocycles. The largest absolute Gasteiger partial charge is 0.573 e. The lowest BCUT2D eigenvalue weighted by Crippen LogP contribution is -2.54. The van der Waals surface area contributed by atoms with Crippen LogP contribution in [0.2, 0.25) is 0 Å². The van der Waals surface area contributed by atoms with E-state index in [9.17, 15) is 13.2 Å². The summed E-state index contributed by atoms with van der Waals surface area (Å²) in [6.45, 7) is 0.763. The molecule has 7 heteroatoms. The van der Waals surface area contributed by atoms with Crippen molar-refractivity contribution in [3.8, 4) is 5.75 Å². The molecule has 0 spiro atoms. The van der Waals surface area contributed by atoms with E-state index >= 15 is 0 Å². The van der Waals surface area contributed by atoms with Gasteiger partial charge in [-0.05, 0) is 17.7 Å². The summed E-state index contributed by atoms with van der Waals surface area (Å²) in [5, 5.41) is 0. The van der Waals surface area contributed by atoms with Gasteiger partial charge >= 0.3 is 6.36 Å². The van der Waals surface area contributed by atoms with Crippen LogP contribution < -0.4 is 10.5 Å². The van der Waals surface area contributed by atoms with Gasteiger partial charge in [-0.2, -0.15) is 0 Å². The summed E-state index contributed by atoms with van der Waals surface area (Å²) in [6.07, 6.45) is -4.67. The first-order chi connectivity index (χ1) is 7.39. The topological polar surface area (TPSA) is 44.5 Å². The average molecular weight is 270 g/mol. The third-order valence-electron chi connectivity index (χ3n) is 2.38. The zero-order valence-corrected chi connectivity index (χ0v) is 9.48. The van der Waals surface area contributed by atoms with Crippen LogP contribution >= 0.6 is 12.4 Å². The Balaban J connectivity index is 0.00000144. The van der Waals surface area contributed by atoms with Gasteiger partial charge in [0.15, 0.2) is 0 Å². The maximum absolute atomic E-state index is 11.9. The van der Waals surface area contributed by atoms with Gasteiger partial charge < -0.3 is 15.2 Å². The number of ether oxygens (including phenoxy) is 2. The first-order valence-corrected chi connectivity index (χ1v) is 4.62. The molecule has 1 fully saturated rings. The van der Waals surface area contributed by atoms with Crippen LogP contribution in [-0.4, -0.2) is 19.6 Å². The minimum Gasteiger partial charge on any atom is -0.406 e. The molecule has 0 bridgehead atoms. The molecule has 0 radical (unpaired) electrons. The van der Waals surface area contributed by atoms with Crippen molar-refractivity contribution < 1.29 is 22.6 Å². The van der Waals surface area contributed by atoms with Gasteiger partial charge in [0.05, 0.1) is 18.8 Å². The summed E-state index contributed by atoms with van der Waals surface area (Å²) in [6, 6.07) is 5.53. The van der Waals surface area contributed by atoms with Crippen molar-refractivity contribution >= 4 is 12.4 Å². The molecule has 1 aliphatic rings. The van der Waals surface area contributed by atoms with Crippen molar-refractivity contribution in [1.82, 2.24) is 0 Å². The van der Waals surface area contributed by atoms with Crippen LogP contribution in [0.15, 0.2) is 24.3 Å². The average Bonchev–Trinajstić information content (AvgIpc) is 2.13. The Hall–Kier alpha value is -0.980. The number of halogens is 4. The molecular weight excluding hydrogens is 259 g/mol. The molecule has 0 amide bonds. The lowest BCUT2D eigenvalue weighted by Gasteiger charge is -2.38. The molecule has 0 saturated carbocycles. The molecule has 1 aromatic carbocycles. The van der Waals surface area contributed by atoms with Gasteiger partial charge in [-0.25, -0.2) is 0 Å². The Morgan fingerprint density at radius 3 is 2.06 bits per heavy atom. The number of benzene rings is 1. The molecule has 1 heterocycles. The summed E-state index contributed by atoms with van der Waals surface area (Å²) >= 11 is 0. The van der Waals surface area contributed by atoms with Gasteiger partial charge in [-0.3, -0.25) is 0 Å². The molecule has 1 aromatic rings. The molecule has 0 unspecified atom stereocenters. The fraction of sp³-hybridized carbons (Fsp3) is 0.400. The Morgan fingerprint density at radius 2 is 1.71 bits per heavy atom. The van der Waals surface area contributed by atoms with E-state index in [1.165, 1.54) is 24.3 Å². The summed E-state index contributed by atoms with van der Waals surface area (Å²) in [4.78, 5) is 0. The number of nitrogens with two attached hydrogens (primary N) is 1. The quantitative estimate of drug-likeness (QED) is 0.895. The third-order valence-corrected chi connectivity index (χ3v) is 2.38. The van der Waals surface area contributed by atoms with Crippen molar-refractivity contribution in [1.29, 1.82) is 0 Å². The molecule has 0 aliphatic carbocycles. The molecule has 17 heavy (non-hydrogen) atoms.